The van der Waals surface area contributed by atoms with Gasteiger partial charge in [0.1, 0.15) is 11.6 Å². The van der Waals surface area contributed by atoms with E-state index >= 15 is 4.39 Å². The lowest BCUT2D eigenvalue weighted by Gasteiger charge is -2.21. The Morgan fingerprint density at radius 2 is 2.00 bits per heavy atom. The van der Waals surface area contributed by atoms with Crippen molar-refractivity contribution in [2.24, 2.45) is 0 Å². The van der Waals surface area contributed by atoms with E-state index in [1.165, 1.54) is 60.9 Å². The van der Waals surface area contributed by atoms with E-state index in [9.17, 15) is 18.5 Å². The summed E-state index contributed by atoms with van der Waals surface area (Å²) in [5, 5.41) is 19.0. The maximum Gasteiger partial charge on any atom is 0.289 e. The Kier molecular flexibility index (Phi) is 7.19. The fourth-order valence-corrected chi connectivity index (χ4v) is 6.18. The van der Waals surface area contributed by atoms with Crippen LogP contribution in [0.5, 0.6) is 0 Å². The molecule has 0 bridgehead atoms. The zero-order chi connectivity index (χ0) is 27.7. The fourth-order valence-electron chi connectivity index (χ4n) is 4.84. The molecule has 1 atom stereocenters. The lowest BCUT2D eigenvalue weighted by molar-refractivity contribution is -0.387. The van der Waals surface area contributed by atoms with Gasteiger partial charge in [-0.1, -0.05) is 12.1 Å². The minimum Gasteiger partial charge on any atom is -0.369 e. The van der Waals surface area contributed by atoms with E-state index in [2.05, 4.69) is 27.2 Å². The summed E-state index contributed by atoms with van der Waals surface area (Å²) in [4.78, 5) is 17.3. The van der Waals surface area contributed by atoms with E-state index in [4.69, 9.17) is 0 Å². The van der Waals surface area contributed by atoms with Crippen LogP contribution < -0.4 is 9.62 Å². The fraction of sp³-hybridized carbons (Fsp3) is 0.308. The van der Waals surface area contributed by atoms with Gasteiger partial charge in [-0.05, 0) is 56.6 Å². The summed E-state index contributed by atoms with van der Waals surface area (Å²) < 4.78 is 44.1. The minimum atomic E-state index is -4.32. The van der Waals surface area contributed by atoms with Crippen molar-refractivity contribution < 1.29 is 17.7 Å². The lowest BCUT2D eigenvalue weighted by atomic mass is 10.1. The molecule has 1 aliphatic rings. The standard InChI is InChI=1S/C26H28FN7O4S/c1-18-6-5-13-32(18)15-12-28-25-11-14-33-26(30-25)21(17-29-33)20-16-19(9-10-22(20)27)31(2)39(37,38)24-8-4-3-7-23(24)34(35)36/h3-4,7-11,14,16-18H,5-6,12-13,15H2,1-2H3,(H,28,30)/t18-/m1/s1. The van der Waals surface area contributed by atoms with Gasteiger partial charge in [0.2, 0.25) is 0 Å². The number of benzene rings is 2. The molecule has 0 aliphatic carbocycles. The molecule has 1 saturated heterocycles. The molecular formula is C26H28FN7O4S. The van der Waals surface area contributed by atoms with Crippen molar-refractivity contribution in [2.75, 3.05) is 36.3 Å². The molecule has 204 valence electrons. The lowest BCUT2D eigenvalue weighted by Crippen LogP contribution is -2.31. The summed E-state index contributed by atoms with van der Waals surface area (Å²) in [5.41, 5.74) is 0.454. The molecule has 13 heteroatoms. The van der Waals surface area contributed by atoms with Crippen molar-refractivity contribution in [3.63, 3.8) is 0 Å². The van der Waals surface area contributed by atoms with Gasteiger partial charge in [-0.25, -0.2) is 22.3 Å². The van der Waals surface area contributed by atoms with E-state index in [-0.39, 0.29) is 11.3 Å². The van der Waals surface area contributed by atoms with Gasteiger partial charge in [-0.15, -0.1) is 0 Å². The minimum absolute atomic E-state index is 0.0997. The molecule has 3 heterocycles. The zero-order valence-corrected chi connectivity index (χ0v) is 22.3. The average molecular weight is 554 g/mol. The summed E-state index contributed by atoms with van der Waals surface area (Å²) in [6.07, 6.45) is 5.59. The maximum atomic E-state index is 15.1. The van der Waals surface area contributed by atoms with Crippen molar-refractivity contribution in [1.82, 2.24) is 19.5 Å². The Morgan fingerprint density at radius 3 is 2.74 bits per heavy atom. The summed E-state index contributed by atoms with van der Waals surface area (Å²) in [6, 6.07) is 11.3. The Bertz CT molecular complexity index is 1640. The van der Waals surface area contributed by atoms with Gasteiger partial charge >= 0.3 is 0 Å². The highest BCUT2D eigenvalue weighted by Crippen LogP contribution is 2.33. The van der Waals surface area contributed by atoms with Crippen LogP contribution in [0.25, 0.3) is 16.8 Å². The second kappa shape index (κ2) is 10.6. The number of para-hydroxylation sites is 1. The smallest absolute Gasteiger partial charge is 0.289 e. The predicted octanol–water partition coefficient (Wildman–Crippen LogP) is 4.16. The molecule has 0 unspecified atom stereocenters. The average Bonchev–Trinajstić information content (AvgIpc) is 3.54. The summed E-state index contributed by atoms with van der Waals surface area (Å²) >= 11 is 0. The van der Waals surface area contributed by atoms with Crippen LogP contribution >= 0.6 is 0 Å². The Balaban J connectivity index is 1.44. The highest BCUT2D eigenvalue weighted by molar-refractivity contribution is 7.93. The maximum absolute atomic E-state index is 15.1. The summed E-state index contributed by atoms with van der Waals surface area (Å²) in [5.74, 6) is 0.0251. The number of hydrogen-bond donors (Lipinski definition) is 1. The van der Waals surface area contributed by atoms with Crippen LogP contribution in [0.4, 0.5) is 21.6 Å². The van der Waals surface area contributed by atoms with Crippen LogP contribution in [-0.2, 0) is 10.0 Å². The SMILES string of the molecule is C[C@@H]1CCCN1CCNc1ccn2ncc(-c3cc(N(C)S(=O)(=O)c4ccccc4[N+](=O)[O-])ccc3F)c2n1. The van der Waals surface area contributed by atoms with Crippen molar-refractivity contribution in [1.29, 1.82) is 0 Å². The topological polar surface area (TPSA) is 126 Å². The van der Waals surface area contributed by atoms with Crippen molar-refractivity contribution >= 4 is 32.9 Å². The number of sulfonamides is 1. The molecule has 0 radical (unpaired) electrons. The third-order valence-electron chi connectivity index (χ3n) is 7.07. The molecule has 1 fully saturated rings. The van der Waals surface area contributed by atoms with Gasteiger partial charge in [-0.2, -0.15) is 5.10 Å². The van der Waals surface area contributed by atoms with Crippen LogP contribution in [0.2, 0.25) is 0 Å². The highest BCUT2D eigenvalue weighted by atomic mass is 32.2. The molecule has 4 aromatic rings. The van der Waals surface area contributed by atoms with E-state index in [0.29, 0.717) is 29.6 Å². The molecule has 0 saturated carbocycles. The summed E-state index contributed by atoms with van der Waals surface area (Å²) in [7, 11) is -3.05. The van der Waals surface area contributed by atoms with Crippen molar-refractivity contribution in [3.8, 4) is 11.1 Å². The molecule has 0 amide bonds. The van der Waals surface area contributed by atoms with Gasteiger partial charge in [0.15, 0.2) is 10.5 Å². The number of rotatable bonds is 9. The number of nitrogens with zero attached hydrogens (tertiary/aromatic N) is 6. The van der Waals surface area contributed by atoms with Crippen LogP contribution in [0.3, 0.4) is 0 Å². The van der Waals surface area contributed by atoms with E-state index < -0.39 is 31.3 Å². The monoisotopic (exact) mass is 553 g/mol. The van der Waals surface area contributed by atoms with Gasteiger partial charge in [0.25, 0.3) is 15.7 Å². The largest absolute Gasteiger partial charge is 0.369 e. The van der Waals surface area contributed by atoms with Crippen LogP contribution in [-0.4, -0.2) is 65.6 Å². The van der Waals surface area contributed by atoms with Crippen LogP contribution in [0.1, 0.15) is 19.8 Å². The number of fused-ring (bicyclic) bond motifs is 1. The number of nitrogens with one attached hydrogen (secondary N) is 1. The Morgan fingerprint density at radius 1 is 1.21 bits per heavy atom. The first-order chi connectivity index (χ1) is 18.7. The number of anilines is 2. The molecule has 2 aromatic carbocycles. The second-order valence-electron chi connectivity index (χ2n) is 9.45. The summed E-state index contributed by atoms with van der Waals surface area (Å²) in [6.45, 7) is 4.90. The molecule has 1 N–H and O–H groups in total. The normalized spacial score (nSPS) is 16.0. The predicted molar refractivity (Wildman–Crippen MR) is 146 cm³/mol. The molecule has 2 aromatic heterocycles. The molecule has 1 aliphatic heterocycles. The van der Waals surface area contributed by atoms with E-state index in [0.717, 1.165) is 29.5 Å². The van der Waals surface area contributed by atoms with Crippen molar-refractivity contribution in [3.05, 3.63) is 76.9 Å². The second-order valence-corrected chi connectivity index (χ2v) is 11.4. The highest BCUT2D eigenvalue weighted by Gasteiger charge is 2.30. The first kappa shape index (κ1) is 26.5. The number of nitro groups is 1. The first-order valence-corrected chi connectivity index (χ1v) is 14.0. The number of aromatic nitrogens is 3. The Hall–Kier alpha value is -4.10. The number of nitro benzene ring substituents is 1. The molecule has 11 nitrogen and oxygen atoms in total. The zero-order valence-electron chi connectivity index (χ0n) is 21.5. The number of hydrogen-bond acceptors (Lipinski definition) is 8. The molecular weight excluding hydrogens is 525 g/mol. The Labute approximate surface area is 225 Å². The van der Waals surface area contributed by atoms with Crippen molar-refractivity contribution in [2.45, 2.75) is 30.7 Å². The van der Waals surface area contributed by atoms with Gasteiger partial charge < -0.3 is 5.32 Å². The molecule has 0 spiro atoms. The quantitative estimate of drug-likeness (QED) is 0.242. The van der Waals surface area contributed by atoms with E-state index in [1.54, 1.807) is 12.3 Å². The van der Waals surface area contributed by atoms with E-state index in [1.807, 2.05) is 0 Å². The first-order valence-electron chi connectivity index (χ1n) is 12.5. The van der Waals surface area contributed by atoms with Gasteiger partial charge in [0, 0.05) is 49.6 Å². The third-order valence-corrected chi connectivity index (χ3v) is 8.90. The van der Waals surface area contributed by atoms with Gasteiger partial charge in [0.05, 0.1) is 16.8 Å². The number of halogens is 1. The molecule has 39 heavy (non-hydrogen) atoms. The number of likely N-dealkylation sites (tertiary alicyclic amines) is 1. The van der Waals surface area contributed by atoms with Gasteiger partial charge in [-0.3, -0.25) is 19.3 Å². The molecule has 5 rings (SSSR count). The van der Waals surface area contributed by atoms with Crippen LogP contribution in [0.15, 0.2) is 65.8 Å². The van der Waals surface area contributed by atoms with Crippen LogP contribution in [0, 0.1) is 15.9 Å². The third kappa shape index (κ3) is 5.14.